The normalized spacial score (nSPS) is 11.9. The summed E-state index contributed by atoms with van der Waals surface area (Å²) < 4.78 is 16.5. The second-order valence-electron chi connectivity index (χ2n) is 13.7. The highest BCUT2D eigenvalue weighted by atomic mass is 16.6. The van der Waals surface area contributed by atoms with E-state index >= 15 is 0 Å². The van der Waals surface area contributed by atoms with Crippen molar-refractivity contribution in [1.29, 1.82) is 0 Å². The number of unbranched alkanes of at least 4 members (excludes halogenated alkanes) is 21. The smallest absolute Gasteiger partial charge is 0.306 e. The van der Waals surface area contributed by atoms with Crippen molar-refractivity contribution < 1.29 is 28.6 Å². The maximum absolute atomic E-state index is 12.5. The van der Waals surface area contributed by atoms with Crippen LogP contribution in [0.1, 0.15) is 207 Å². The number of rotatable bonds is 34. The van der Waals surface area contributed by atoms with Crippen molar-refractivity contribution in [2.45, 2.75) is 214 Å². The third kappa shape index (κ3) is 33.6. The maximum atomic E-state index is 12.5. The van der Waals surface area contributed by atoms with Crippen molar-refractivity contribution in [1.82, 2.24) is 0 Å². The number of hydrogen-bond acceptors (Lipinski definition) is 6. The van der Waals surface area contributed by atoms with Gasteiger partial charge in [-0.3, -0.25) is 14.4 Å². The van der Waals surface area contributed by atoms with Crippen molar-refractivity contribution in [2.75, 3.05) is 13.2 Å². The van der Waals surface area contributed by atoms with Gasteiger partial charge in [0.05, 0.1) is 0 Å². The molecular formula is C39H74O6. The SMILES string of the molecule is CCCCCCCCCCCC(=O)OC[C@H](COC(=O)CCCCCCCCCCC(C)C)OC(=O)CCCCCCCCC. The highest BCUT2D eigenvalue weighted by Gasteiger charge is 2.19. The quantitative estimate of drug-likeness (QED) is 0.0396. The van der Waals surface area contributed by atoms with Gasteiger partial charge >= 0.3 is 17.9 Å². The van der Waals surface area contributed by atoms with Gasteiger partial charge in [-0.1, -0.05) is 169 Å². The highest BCUT2D eigenvalue weighted by Crippen LogP contribution is 2.15. The molecule has 266 valence electrons. The molecule has 0 radical (unpaired) electrons. The van der Waals surface area contributed by atoms with E-state index in [1.54, 1.807) is 0 Å². The molecule has 0 saturated carbocycles. The number of carbonyl (C=O) groups excluding carboxylic acids is 3. The van der Waals surface area contributed by atoms with Gasteiger partial charge in [-0.15, -0.1) is 0 Å². The second kappa shape index (κ2) is 33.8. The summed E-state index contributed by atoms with van der Waals surface area (Å²) in [7, 11) is 0. The number of ether oxygens (including phenoxy) is 3. The molecule has 1 atom stereocenters. The lowest BCUT2D eigenvalue weighted by Gasteiger charge is -2.18. The van der Waals surface area contributed by atoms with Crippen LogP contribution in [0.2, 0.25) is 0 Å². The molecule has 0 aliphatic heterocycles. The minimum Gasteiger partial charge on any atom is -0.462 e. The summed E-state index contributed by atoms with van der Waals surface area (Å²) in [6, 6.07) is 0. The predicted molar refractivity (Wildman–Crippen MR) is 187 cm³/mol. The Kier molecular flexibility index (Phi) is 32.6. The molecule has 0 unspecified atom stereocenters. The zero-order valence-electron chi connectivity index (χ0n) is 30.3. The molecule has 45 heavy (non-hydrogen) atoms. The Morgan fingerprint density at radius 3 is 1.09 bits per heavy atom. The van der Waals surface area contributed by atoms with E-state index in [-0.39, 0.29) is 31.1 Å². The third-order valence-electron chi connectivity index (χ3n) is 8.54. The van der Waals surface area contributed by atoms with Gasteiger partial charge in [0.15, 0.2) is 6.10 Å². The summed E-state index contributed by atoms with van der Waals surface area (Å²) in [6.45, 7) is 8.87. The molecule has 0 aromatic carbocycles. The molecule has 0 aromatic rings. The first-order chi connectivity index (χ1) is 21.9. The van der Waals surface area contributed by atoms with E-state index in [9.17, 15) is 14.4 Å². The van der Waals surface area contributed by atoms with Crippen LogP contribution in [0.25, 0.3) is 0 Å². The van der Waals surface area contributed by atoms with Crippen LogP contribution in [0.3, 0.4) is 0 Å². The molecule has 0 aliphatic rings. The summed E-state index contributed by atoms with van der Waals surface area (Å²) in [5, 5.41) is 0. The minimum atomic E-state index is -0.756. The molecule has 0 N–H and O–H groups in total. The van der Waals surface area contributed by atoms with E-state index in [4.69, 9.17) is 14.2 Å². The molecular weight excluding hydrogens is 564 g/mol. The lowest BCUT2D eigenvalue weighted by atomic mass is 10.0. The summed E-state index contributed by atoms with van der Waals surface area (Å²) in [5.41, 5.74) is 0. The van der Waals surface area contributed by atoms with E-state index in [1.807, 2.05) is 0 Å². The molecule has 0 heterocycles. The number of esters is 3. The average Bonchev–Trinajstić information content (AvgIpc) is 3.01. The van der Waals surface area contributed by atoms with Crippen LogP contribution < -0.4 is 0 Å². The van der Waals surface area contributed by atoms with Crippen LogP contribution >= 0.6 is 0 Å². The van der Waals surface area contributed by atoms with E-state index in [2.05, 4.69) is 27.7 Å². The van der Waals surface area contributed by atoms with E-state index in [0.29, 0.717) is 19.3 Å². The van der Waals surface area contributed by atoms with E-state index in [1.165, 1.54) is 103 Å². The average molecular weight is 639 g/mol. The zero-order chi connectivity index (χ0) is 33.2. The Balaban J connectivity index is 4.31. The van der Waals surface area contributed by atoms with Crippen molar-refractivity contribution in [3.05, 3.63) is 0 Å². The fourth-order valence-corrected chi connectivity index (χ4v) is 5.57. The monoisotopic (exact) mass is 639 g/mol. The largest absolute Gasteiger partial charge is 0.462 e. The fourth-order valence-electron chi connectivity index (χ4n) is 5.57. The Labute approximate surface area is 278 Å². The standard InChI is InChI=1S/C39H74O6/c1-5-7-9-11-13-14-19-22-26-30-37(40)43-33-36(45-39(42)32-28-24-17-12-10-8-6-2)34-44-38(41)31-27-23-20-16-15-18-21-25-29-35(3)4/h35-36H,5-34H2,1-4H3/t36-/m1/s1. The van der Waals surface area contributed by atoms with Gasteiger partial charge in [0, 0.05) is 19.3 Å². The van der Waals surface area contributed by atoms with E-state index < -0.39 is 6.10 Å². The first kappa shape index (κ1) is 43.4. The first-order valence-electron chi connectivity index (χ1n) is 19.4. The summed E-state index contributed by atoms with van der Waals surface area (Å²) in [5.74, 6) is -0.0784. The Bertz CT molecular complexity index is 676. The molecule has 6 nitrogen and oxygen atoms in total. The van der Waals surface area contributed by atoms with Crippen LogP contribution in [0, 0.1) is 5.92 Å². The Hall–Kier alpha value is -1.59. The lowest BCUT2D eigenvalue weighted by Crippen LogP contribution is -2.30. The van der Waals surface area contributed by atoms with Gasteiger partial charge in [0.2, 0.25) is 0 Å². The Morgan fingerprint density at radius 1 is 0.422 bits per heavy atom. The lowest BCUT2D eigenvalue weighted by molar-refractivity contribution is -0.167. The Morgan fingerprint density at radius 2 is 0.733 bits per heavy atom. The first-order valence-corrected chi connectivity index (χ1v) is 19.4. The van der Waals surface area contributed by atoms with Gasteiger partial charge in [-0.2, -0.15) is 0 Å². The number of carbonyl (C=O) groups is 3. The van der Waals surface area contributed by atoms with Crippen LogP contribution in [0.5, 0.6) is 0 Å². The van der Waals surface area contributed by atoms with Crippen LogP contribution in [-0.4, -0.2) is 37.2 Å². The maximum Gasteiger partial charge on any atom is 0.306 e. The molecule has 6 heteroatoms. The van der Waals surface area contributed by atoms with E-state index in [0.717, 1.165) is 63.7 Å². The number of hydrogen-bond donors (Lipinski definition) is 0. The molecule has 0 spiro atoms. The van der Waals surface area contributed by atoms with Crippen molar-refractivity contribution in [3.63, 3.8) is 0 Å². The fraction of sp³-hybridized carbons (Fsp3) is 0.923. The summed E-state index contributed by atoms with van der Waals surface area (Å²) in [6.07, 6.45) is 29.6. The molecule has 0 rings (SSSR count). The van der Waals surface area contributed by atoms with Gasteiger partial charge in [-0.25, -0.2) is 0 Å². The molecule has 0 saturated heterocycles. The minimum absolute atomic E-state index is 0.0660. The molecule has 0 aliphatic carbocycles. The van der Waals surface area contributed by atoms with Crippen LogP contribution in [0.4, 0.5) is 0 Å². The third-order valence-corrected chi connectivity index (χ3v) is 8.54. The van der Waals surface area contributed by atoms with Gasteiger partial charge in [0.25, 0.3) is 0 Å². The predicted octanol–water partition coefficient (Wildman–Crippen LogP) is 11.6. The van der Waals surface area contributed by atoms with Gasteiger partial charge < -0.3 is 14.2 Å². The summed E-state index contributed by atoms with van der Waals surface area (Å²) in [4.78, 5) is 37.3. The molecule has 0 fully saturated rings. The van der Waals surface area contributed by atoms with Crippen LogP contribution in [-0.2, 0) is 28.6 Å². The van der Waals surface area contributed by atoms with Crippen LogP contribution in [0.15, 0.2) is 0 Å². The summed E-state index contributed by atoms with van der Waals surface area (Å²) >= 11 is 0. The van der Waals surface area contributed by atoms with Gasteiger partial charge in [0.1, 0.15) is 13.2 Å². The zero-order valence-corrected chi connectivity index (χ0v) is 30.3. The topological polar surface area (TPSA) is 78.9 Å². The second-order valence-corrected chi connectivity index (χ2v) is 13.7. The highest BCUT2D eigenvalue weighted by molar-refractivity contribution is 5.71. The molecule has 0 amide bonds. The van der Waals surface area contributed by atoms with Gasteiger partial charge in [-0.05, 0) is 25.2 Å². The molecule has 0 bridgehead atoms. The van der Waals surface area contributed by atoms with Crippen molar-refractivity contribution >= 4 is 17.9 Å². The molecule has 0 aromatic heterocycles. The van der Waals surface area contributed by atoms with Crippen molar-refractivity contribution in [3.8, 4) is 0 Å². The van der Waals surface area contributed by atoms with Crippen molar-refractivity contribution in [2.24, 2.45) is 5.92 Å².